The number of nitrogen functional groups attached to an aromatic ring is 1. The van der Waals surface area contributed by atoms with Crippen LogP contribution in [-0.2, 0) is 21.2 Å². The first-order valence-electron chi connectivity index (χ1n) is 6.51. The van der Waals surface area contributed by atoms with Crippen molar-refractivity contribution in [1.82, 2.24) is 9.62 Å². The van der Waals surface area contributed by atoms with Crippen molar-refractivity contribution in [1.29, 1.82) is 0 Å². The van der Waals surface area contributed by atoms with E-state index in [0.29, 0.717) is 30.6 Å². The maximum Gasteiger partial charge on any atom is 0.241 e. The number of nitrogens with zero attached hydrogens (tertiary/aromatic N) is 1. The van der Waals surface area contributed by atoms with E-state index in [1.165, 1.54) is 11.0 Å². The zero-order valence-corrected chi connectivity index (χ0v) is 12.4. The highest BCUT2D eigenvalue weighted by molar-refractivity contribution is 7.89. The Morgan fingerprint density at radius 3 is 2.70 bits per heavy atom. The highest BCUT2D eigenvalue weighted by atomic mass is 32.2. The molecule has 1 aliphatic heterocycles. The molecule has 0 radical (unpaired) electrons. The number of carbonyl (C=O) groups is 1. The predicted octanol–water partition coefficient (Wildman–Crippen LogP) is 0.340. The third kappa shape index (κ3) is 2.78. The fourth-order valence-corrected chi connectivity index (χ4v) is 3.86. The summed E-state index contributed by atoms with van der Waals surface area (Å²) in [4.78, 5) is 13.5. The minimum absolute atomic E-state index is 0.155. The first-order chi connectivity index (χ1) is 9.35. The van der Waals surface area contributed by atoms with Gasteiger partial charge < -0.3 is 10.6 Å². The molecular weight excluding hydrogens is 278 g/mol. The summed E-state index contributed by atoms with van der Waals surface area (Å²) in [5, 5.41) is 0. The van der Waals surface area contributed by atoms with E-state index in [0.717, 1.165) is 0 Å². The molecule has 0 bridgehead atoms. The minimum Gasteiger partial charge on any atom is -0.399 e. The summed E-state index contributed by atoms with van der Waals surface area (Å²) in [6, 6.07) is 4.12. The number of nitrogens with two attached hydrogens (primary N) is 1. The second kappa shape index (κ2) is 5.41. The fraction of sp³-hybridized carbons (Fsp3) is 0.462. The number of benzene rings is 1. The van der Waals surface area contributed by atoms with Gasteiger partial charge in [-0.3, -0.25) is 4.79 Å². The van der Waals surface area contributed by atoms with Gasteiger partial charge in [0.1, 0.15) is 6.04 Å². The van der Waals surface area contributed by atoms with Crippen LogP contribution in [0.5, 0.6) is 0 Å². The van der Waals surface area contributed by atoms with Gasteiger partial charge in [0, 0.05) is 19.3 Å². The lowest BCUT2D eigenvalue weighted by Gasteiger charge is -2.15. The van der Waals surface area contributed by atoms with E-state index in [-0.39, 0.29) is 10.8 Å². The van der Waals surface area contributed by atoms with Gasteiger partial charge >= 0.3 is 0 Å². The number of sulfonamides is 1. The molecular formula is C13H19N3O3S. The third-order valence-corrected chi connectivity index (χ3v) is 5.04. The Morgan fingerprint density at radius 1 is 1.45 bits per heavy atom. The van der Waals surface area contributed by atoms with Crippen LogP contribution in [0, 0.1) is 0 Å². The van der Waals surface area contributed by atoms with Gasteiger partial charge in [0.2, 0.25) is 15.9 Å². The van der Waals surface area contributed by atoms with Crippen molar-refractivity contribution >= 4 is 21.6 Å². The summed E-state index contributed by atoms with van der Waals surface area (Å²) in [5.74, 6) is -0.199. The van der Waals surface area contributed by atoms with Crippen molar-refractivity contribution < 1.29 is 13.2 Å². The van der Waals surface area contributed by atoms with Gasteiger partial charge in [0.25, 0.3) is 0 Å². The third-order valence-electron chi connectivity index (χ3n) is 3.49. The molecule has 1 unspecified atom stereocenters. The quantitative estimate of drug-likeness (QED) is 0.784. The number of carbonyl (C=O) groups excluding carboxylic acids is 1. The van der Waals surface area contributed by atoms with Crippen LogP contribution in [0.2, 0.25) is 0 Å². The van der Waals surface area contributed by atoms with Crippen LogP contribution in [0.4, 0.5) is 5.69 Å². The standard InChI is InChI=1S/C13H19N3O3S/c1-3-9-4-5-10(14)8-12(9)20(18,19)15-11-6-7-16(2)13(11)17/h4-5,8,11,15H,3,6-7,14H2,1-2H3. The summed E-state index contributed by atoms with van der Waals surface area (Å²) in [7, 11) is -2.08. The molecule has 1 atom stereocenters. The number of rotatable bonds is 4. The van der Waals surface area contributed by atoms with Crippen molar-refractivity contribution in [3.63, 3.8) is 0 Å². The van der Waals surface area contributed by atoms with E-state index >= 15 is 0 Å². The van der Waals surface area contributed by atoms with Crippen LogP contribution in [-0.4, -0.2) is 38.9 Å². The lowest BCUT2D eigenvalue weighted by atomic mass is 10.1. The van der Waals surface area contributed by atoms with Crippen molar-refractivity contribution in [2.24, 2.45) is 0 Å². The van der Waals surface area contributed by atoms with E-state index in [2.05, 4.69) is 4.72 Å². The Kier molecular flexibility index (Phi) is 4.01. The molecule has 1 heterocycles. The van der Waals surface area contributed by atoms with Crippen molar-refractivity contribution in [3.8, 4) is 0 Å². The van der Waals surface area contributed by atoms with Gasteiger partial charge in [0.15, 0.2) is 0 Å². The summed E-state index contributed by atoms with van der Waals surface area (Å²) < 4.78 is 27.3. The highest BCUT2D eigenvalue weighted by Crippen LogP contribution is 2.21. The fourth-order valence-electron chi connectivity index (χ4n) is 2.30. The summed E-state index contributed by atoms with van der Waals surface area (Å²) in [6.07, 6.45) is 1.06. The second-order valence-corrected chi connectivity index (χ2v) is 6.63. The van der Waals surface area contributed by atoms with Gasteiger partial charge in [-0.05, 0) is 30.5 Å². The van der Waals surface area contributed by atoms with Gasteiger partial charge in [-0.1, -0.05) is 13.0 Å². The first-order valence-corrected chi connectivity index (χ1v) is 7.99. The molecule has 1 saturated heterocycles. The van der Waals surface area contributed by atoms with E-state index in [1.807, 2.05) is 6.92 Å². The summed E-state index contributed by atoms with van der Waals surface area (Å²) in [5.41, 5.74) is 6.74. The number of hydrogen-bond acceptors (Lipinski definition) is 4. The molecule has 1 amide bonds. The van der Waals surface area contributed by atoms with Crippen LogP contribution >= 0.6 is 0 Å². The maximum atomic E-state index is 12.4. The number of aryl methyl sites for hydroxylation is 1. The van der Waals surface area contributed by atoms with Gasteiger partial charge in [-0.15, -0.1) is 0 Å². The van der Waals surface area contributed by atoms with E-state index in [9.17, 15) is 13.2 Å². The lowest BCUT2D eigenvalue weighted by molar-refractivity contribution is -0.127. The molecule has 110 valence electrons. The molecule has 1 aromatic rings. The molecule has 7 heteroatoms. The van der Waals surface area contributed by atoms with Crippen LogP contribution in [0.1, 0.15) is 18.9 Å². The number of hydrogen-bond donors (Lipinski definition) is 2. The normalized spacial score (nSPS) is 19.6. The van der Waals surface area contributed by atoms with Crippen LogP contribution in [0.25, 0.3) is 0 Å². The molecule has 0 saturated carbocycles. The zero-order valence-electron chi connectivity index (χ0n) is 11.6. The number of likely N-dealkylation sites (N-methyl/N-ethyl adjacent to an activating group) is 1. The molecule has 2 rings (SSSR count). The monoisotopic (exact) mass is 297 g/mol. The smallest absolute Gasteiger partial charge is 0.241 e. The van der Waals surface area contributed by atoms with E-state index in [1.54, 1.807) is 19.2 Å². The highest BCUT2D eigenvalue weighted by Gasteiger charge is 2.33. The second-order valence-electron chi connectivity index (χ2n) is 4.94. The summed E-state index contributed by atoms with van der Waals surface area (Å²) in [6.45, 7) is 2.43. The average molecular weight is 297 g/mol. The Hall–Kier alpha value is -1.60. The molecule has 3 N–H and O–H groups in total. The Balaban J connectivity index is 2.31. The number of anilines is 1. The van der Waals surface area contributed by atoms with Crippen molar-refractivity contribution in [3.05, 3.63) is 23.8 Å². The molecule has 1 aliphatic rings. The van der Waals surface area contributed by atoms with E-state index < -0.39 is 16.1 Å². The van der Waals surface area contributed by atoms with Gasteiger partial charge in [-0.2, -0.15) is 4.72 Å². The zero-order chi connectivity index (χ0) is 14.9. The maximum absolute atomic E-state index is 12.4. The van der Waals surface area contributed by atoms with Crippen molar-refractivity contribution in [2.75, 3.05) is 19.3 Å². The Labute approximate surface area is 119 Å². The summed E-state index contributed by atoms with van der Waals surface area (Å²) >= 11 is 0. The molecule has 0 aromatic heterocycles. The van der Waals surface area contributed by atoms with Crippen LogP contribution < -0.4 is 10.5 Å². The molecule has 6 nitrogen and oxygen atoms in total. The molecule has 0 aliphatic carbocycles. The van der Waals surface area contributed by atoms with Crippen LogP contribution in [0.15, 0.2) is 23.1 Å². The van der Waals surface area contributed by atoms with Gasteiger partial charge in [-0.25, -0.2) is 8.42 Å². The molecule has 20 heavy (non-hydrogen) atoms. The van der Waals surface area contributed by atoms with Crippen molar-refractivity contribution in [2.45, 2.75) is 30.7 Å². The number of amides is 1. The van der Waals surface area contributed by atoms with Gasteiger partial charge in [0.05, 0.1) is 4.90 Å². The topological polar surface area (TPSA) is 92.5 Å². The van der Waals surface area contributed by atoms with Crippen LogP contribution in [0.3, 0.4) is 0 Å². The predicted molar refractivity (Wildman–Crippen MR) is 76.6 cm³/mol. The number of nitrogens with one attached hydrogen (secondary N) is 1. The lowest BCUT2D eigenvalue weighted by Crippen LogP contribution is -2.40. The Bertz CT molecular complexity index is 628. The first kappa shape index (κ1) is 14.8. The average Bonchev–Trinajstić information content (AvgIpc) is 2.70. The minimum atomic E-state index is -3.74. The SMILES string of the molecule is CCc1ccc(N)cc1S(=O)(=O)NC1CCN(C)C1=O. The van der Waals surface area contributed by atoms with E-state index in [4.69, 9.17) is 5.73 Å². The largest absolute Gasteiger partial charge is 0.399 e. The molecule has 0 spiro atoms. The number of likely N-dealkylation sites (tertiary alicyclic amines) is 1. The molecule has 1 fully saturated rings. The molecule has 1 aromatic carbocycles. The Morgan fingerprint density at radius 2 is 2.15 bits per heavy atom.